The average Bonchev–Trinajstić information content (AvgIpc) is 2.62. The molecule has 66 valence electrons. The third-order valence-corrected chi connectivity index (χ3v) is 2.72. The van der Waals surface area contributed by atoms with E-state index in [0.29, 0.717) is 5.15 Å². The van der Waals surface area contributed by atoms with E-state index in [1.807, 2.05) is 18.4 Å². The Hall–Kier alpha value is -0.930. The molecule has 0 amide bonds. The number of hydrogen-bond donors (Lipinski definition) is 0. The van der Waals surface area contributed by atoms with E-state index in [0.717, 1.165) is 16.8 Å². The van der Waals surface area contributed by atoms with Crippen LogP contribution in [0.3, 0.4) is 0 Å². The van der Waals surface area contributed by atoms with Crippen LogP contribution in [0.1, 0.15) is 5.56 Å². The van der Waals surface area contributed by atoms with Gasteiger partial charge in [0.2, 0.25) is 0 Å². The molecule has 0 saturated heterocycles. The SMILES string of the molecule is Cc1cc(-c2cscn2)cnc1Cl. The second-order valence-electron chi connectivity index (χ2n) is 2.71. The molecule has 2 heterocycles. The van der Waals surface area contributed by atoms with Crippen molar-refractivity contribution in [1.82, 2.24) is 9.97 Å². The zero-order valence-corrected chi connectivity index (χ0v) is 8.56. The van der Waals surface area contributed by atoms with E-state index in [4.69, 9.17) is 11.6 Å². The fourth-order valence-electron chi connectivity index (χ4n) is 1.05. The maximum absolute atomic E-state index is 5.81. The van der Waals surface area contributed by atoms with Crippen molar-refractivity contribution >= 4 is 22.9 Å². The van der Waals surface area contributed by atoms with Gasteiger partial charge in [0.25, 0.3) is 0 Å². The molecule has 0 N–H and O–H groups in total. The van der Waals surface area contributed by atoms with Gasteiger partial charge in [-0.25, -0.2) is 9.97 Å². The van der Waals surface area contributed by atoms with E-state index in [1.165, 1.54) is 0 Å². The number of nitrogens with zero attached hydrogens (tertiary/aromatic N) is 2. The van der Waals surface area contributed by atoms with Crippen molar-refractivity contribution in [3.63, 3.8) is 0 Å². The number of aromatic nitrogens is 2. The van der Waals surface area contributed by atoms with Crippen molar-refractivity contribution in [2.24, 2.45) is 0 Å². The molecule has 0 atom stereocenters. The van der Waals surface area contributed by atoms with Gasteiger partial charge in [-0.2, -0.15) is 0 Å². The molecule has 2 nitrogen and oxygen atoms in total. The van der Waals surface area contributed by atoms with Crippen LogP contribution in [0.4, 0.5) is 0 Å². The molecule has 0 aliphatic rings. The van der Waals surface area contributed by atoms with Crippen molar-refractivity contribution in [2.75, 3.05) is 0 Å². The van der Waals surface area contributed by atoms with Crippen LogP contribution in [0.2, 0.25) is 5.15 Å². The molecule has 2 aromatic rings. The largest absolute Gasteiger partial charge is 0.245 e. The lowest BCUT2D eigenvalue weighted by Gasteiger charge is -1.99. The van der Waals surface area contributed by atoms with Crippen molar-refractivity contribution in [1.29, 1.82) is 0 Å². The summed E-state index contributed by atoms with van der Waals surface area (Å²) >= 11 is 7.39. The van der Waals surface area contributed by atoms with Gasteiger partial charge < -0.3 is 0 Å². The summed E-state index contributed by atoms with van der Waals surface area (Å²) in [7, 11) is 0. The smallest absolute Gasteiger partial charge is 0.131 e. The number of halogens is 1. The van der Waals surface area contributed by atoms with Crippen LogP contribution >= 0.6 is 22.9 Å². The molecule has 0 fully saturated rings. The van der Waals surface area contributed by atoms with Gasteiger partial charge >= 0.3 is 0 Å². The molecular formula is C9H7ClN2S. The Kier molecular flexibility index (Phi) is 2.29. The van der Waals surface area contributed by atoms with Gasteiger partial charge in [-0.1, -0.05) is 11.6 Å². The van der Waals surface area contributed by atoms with Crippen molar-refractivity contribution in [3.05, 3.63) is 33.9 Å². The van der Waals surface area contributed by atoms with Crippen LogP contribution in [-0.4, -0.2) is 9.97 Å². The lowest BCUT2D eigenvalue weighted by Crippen LogP contribution is -1.84. The van der Waals surface area contributed by atoms with Crippen LogP contribution in [0, 0.1) is 6.92 Å². The molecule has 4 heteroatoms. The van der Waals surface area contributed by atoms with Crippen LogP contribution in [0.25, 0.3) is 11.3 Å². The zero-order valence-electron chi connectivity index (χ0n) is 6.99. The lowest BCUT2D eigenvalue weighted by molar-refractivity contribution is 1.26. The summed E-state index contributed by atoms with van der Waals surface area (Å²) in [6, 6.07) is 1.99. The molecule has 0 radical (unpaired) electrons. The van der Waals surface area contributed by atoms with Crippen molar-refractivity contribution in [3.8, 4) is 11.3 Å². The van der Waals surface area contributed by atoms with Crippen molar-refractivity contribution in [2.45, 2.75) is 6.92 Å². The van der Waals surface area contributed by atoms with Crippen LogP contribution in [0.15, 0.2) is 23.2 Å². The Labute approximate surface area is 85.2 Å². The molecule has 2 aromatic heterocycles. The van der Waals surface area contributed by atoms with E-state index >= 15 is 0 Å². The highest BCUT2D eigenvalue weighted by Gasteiger charge is 2.02. The monoisotopic (exact) mass is 210 g/mol. The van der Waals surface area contributed by atoms with E-state index in [-0.39, 0.29) is 0 Å². The molecular weight excluding hydrogens is 204 g/mol. The number of thiazole rings is 1. The maximum atomic E-state index is 5.81. The first-order valence-electron chi connectivity index (χ1n) is 3.78. The quantitative estimate of drug-likeness (QED) is 0.676. The van der Waals surface area contributed by atoms with E-state index in [1.54, 1.807) is 23.0 Å². The second kappa shape index (κ2) is 3.44. The van der Waals surface area contributed by atoms with Crippen LogP contribution < -0.4 is 0 Å². The summed E-state index contributed by atoms with van der Waals surface area (Å²) in [6.45, 7) is 1.94. The molecule has 0 saturated carbocycles. The highest BCUT2D eigenvalue weighted by Crippen LogP contribution is 2.21. The Bertz CT molecular complexity index is 412. The number of hydrogen-bond acceptors (Lipinski definition) is 3. The summed E-state index contributed by atoms with van der Waals surface area (Å²) in [4.78, 5) is 8.26. The minimum atomic E-state index is 0.555. The third kappa shape index (κ3) is 1.71. The summed E-state index contributed by atoms with van der Waals surface area (Å²) in [5.74, 6) is 0. The summed E-state index contributed by atoms with van der Waals surface area (Å²) < 4.78 is 0. The summed E-state index contributed by atoms with van der Waals surface area (Å²) in [5.41, 5.74) is 4.76. The Morgan fingerprint density at radius 3 is 2.85 bits per heavy atom. The Morgan fingerprint density at radius 1 is 1.38 bits per heavy atom. The normalized spacial score (nSPS) is 10.3. The molecule has 0 spiro atoms. The third-order valence-electron chi connectivity index (χ3n) is 1.74. The van der Waals surface area contributed by atoms with E-state index in [2.05, 4.69) is 9.97 Å². The number of aryl methyl sites for hydroxylation is 1. The zero-order chi connectivity index (χ0) is 9.26. The number of rotatable bonds is 1. The minimum Gasteiger partial charge on any atom is -0.245 e. The van der Waals surface area contributed by atoms with E-state index in [9.17, 15) is 0 Å². The molecule has 0 aliphatic heterocycles. The lowest BCUT2D eigenvalue weighted by atomic mass is 10.2. The van der Waals surface area contributed by atoms with Gasteiger partial charge in [-0.3, -0.25) is 0 Å². The van der Waals surface area contributed by atoms with Gasteiger partial charge in [0.05, 0.1) is 11.2 Å². The first-order chi connectivity index (χ1) is 6.27. The molecule has 0 unspecified atom stereocenters. The predicted molar refractivity (Wildman–Crippen MR) is 55.1 cm³/mol. The Balaban J connectivity index is 2.49. The fraction of sp³-hybridized carbons (Fsp3) is 0.111. The van der Waals surface area contributed by atoms with Crippen LogP contribution in [0.5, 0.6) is 0 Å². The summed E-state index contributed by atoms with van der Waals surface area (Å²) in [6.07, 6.45) is 1.74. The molecule has 0 aliphatic carbocycles. The predicted octanol–water partition coefficient (Wildman–Crippen LogP) is 3.17. The van der Waals surface area contributed by atoms with E-state index < -0.39 is 0 Å². The van der Waals surface area contributed by atoms with Gasteiger partial charge in [0.15, 0.2) is 0 Å². The van der Waals surface area contributed by atoms with Gasteiger partial charge in [-0.15, -0.1) is 11.3 Å². The molecule has 13 heavy (non-hydrogen) atoms. The van der Waals surface area contributed by atoms with Gasteiger partial charge in [-0.05, 0) is 18.6 Å². The Morgan fingerprint density at radius 2 is 2.23 bits per heavy atom. The van der Waals surface area contributed by atoms with Crippen molar-refractivity contribution < 1.29 is 0 Å². The molecule has 2 rings (SSSR count). The molecule has 0 bridgehead atoms. The fourth-order valence-corrected chi connectivity index (χ4v) is 1.72. The summed E-state index contributed by atoms with van der Waals surface area (Å²) in [5, 5.41) is 2.55. The number of pyridine rings is 1. The maximum Gasteiger partial charge on any atom is 0.131 e. The first-order valence-corrected chi connectivity index (χ1v) is 5.10. The first kappa shape index (κ1) is 8.66. The highest BCUT2D eigenvalue weighted by atomic mass is 35.5. The minimum absolute atomic E-state index is 0.555. The van der Waals surface area contributed by atoms with Gasteiger partial charge in [0, 0.05) is 17.1 Å². The van der Waals surface area contributed by atoms with Crippen LogP contribution in [-0.2, 0) is 0 Å². The average molecular weight is 211 g/mol. The molecule has 0 aromatic carbocycles. The van der Waals surface area contributed by atoms with Gasteiger partial charge in [0.1, 0.15) is 5.15 Å². The topological polar surface area (TPSA) is 25.8 Å². The standard InChI is InChI=1S/C9H7ClN2S/c1-6-2-7(3-11-9(6)10)8-4-13-5-12-8/h2-5H,1H3. The second-order valence-corrected chi connectivity index (χ2v) is 3.78. The highest BCUT2D eigenvalue weighted by molar-refractivity contribution is 7.07.